The van der Waals surface area contributed by atoms with Crippen LogP contribution in [0.15, 0.2) is 18.3 Å². The highest BCUT2D eigenvalue weighted by atomic mass is 16.5. The number of aromatic nitrogens is 1. The Morgan fingerprint density at radius 1 is 1.29 bits per heavy atom. The number of pyridine rings is 1. The summed E-state index contributed by atoms with van der Waals surface area (Å²) in [5, 5.41) is 0. The SMILES string of the molecule is CCCCCCOc1ccnc(C)c1. The van der Waals surface area contributed by atoms with Gasteiger partial charge in [-0.3, -0.25) is 4.98 Å². The minimum atomic E-state index is 0.823. The zero-order valence-electron chi connectivity index (χ0n) is 9.12. The number of unbranched alkanes of at least 4 members (excludes halogenated alkanes) is 3. The minimum Gasteiger partial charge on any atom is -0.493 e. The van der Waals surface area contributed by atoms with Crippen molar-refractivity contribution in [3.63, 3.8) is 0 Å². The Hall–Kier alpha value is -1.05. The van der Waals surface area contributed by atoms with E-state index in [1.807, 2.05) is 19.1 Å². The lowest BCUT2D eigenvalue weighted by Crippen LogP contribution is -1.97. The summed E-state index contributed by atoms with van der Waals surface area (Å²) in [7, 11) is 0. The lowest BCUT2D eigenvalue weighted by molar-refractivity contribution is 0.304. The van der Waals surface area contributed by atoms with Crippen LogP contribution in [0, 0.1) is 6.92 Å². The van der Waals surface area contributed by atoms with Crippen molar-refractivity contribution in [2.75, 3.05) is 6.61 Å². The largest absolute Gasteiger partial charge is 0.493 e. The van der Waals surface area contributed by atoms with E-state index in [-0.39, 0.29) is 0 Å². The average molecular weight is 193 g/mol. The minimum absolute atomic E-state index is 0.823. The topological polar surface area (TPSA) is 22.1 Å². The van der Waals surface area contributed by atoms with Crippen LogP contribution in [0.3, 0.4) is 0 Å². The maximum atomic E-state index is 5.59. The van der Waals surface area contributed by atoms with Gasteiger partial charge >= 0.3 is 0 Å². The molecular weight excluding hydrogens is 174 g/mol. The number of rotatable bonds is 6. The van der Waals surface area contributed by atoms with Gasteiger partial charge in [-0.05, 0) is 19.4 Å². The van der Waals surface area contributed by atoms with Crippen molar-refractivity contribution in [1.82, 2.24) is 4.98 Å². The smallest absolute Gasteiger partial charge is 0.122 e. The Labute approximate surface area is 86.3 Å². The lowest BCUT2D eigenvalue weighted by atomic mass is 10.2. The highest BCUT2D eigenvalue weighted by molar-refractivity contribution is 5.21. The molecule has 0 spiro atoms. The standard InChI is InChI=1S/C12H19NO/c1-3-4-5-6-9-14-12-7-8-13-11(2)10-12/h7-8,10H,3-6,9H2,1-2H3. The Bertz CT molecular complexity index is 260. The monoisotopic (exact) mass is 193 g/mol. The molecule has 0 aliphatic rings. The Morgan fingerprint density at radius 3 is 2.86 bits per heavy atom. The summed E-state index contributed by atoms with van der Waals surface area (Å²) in [6.45, 7) is 5.01. The molecule has 0 amide bonds. The molecule has 2 nitrogen and oxygen atoms in total. The van der Waals surface area contributed by atoms with Crippen LogP contribution in [0.1, 0.15) is 38.3 Å². The predicted molar refractivity (Wildman–Crippen MR) is 58.6 cm³/mol. The molecule has 1 aromatic heterocycles. The molecule has 0 unspecified atom stereocenters. The van der Waals surface area contributed by atoms with Gasteiger partial charge < -0.3 is 4.74 Å². The van der Waals surface area contributed by atoms with E-state index in [4.69, 9.17) is 4.74 Å². The van der Waals surface area contributed by atoms with Crippen molar-refractivity contribution < 1.29 is 4.74 Å². The van der Waals surface area contributed by atoms with Gasteiger partial charge in [0.15, 0.2) is 0 Å². The van der Waals surface area contributed by atoms with E-state index in [1.54, 1.807) is 6.20 Å². The third kappa shape index (κ3) is 4.26. The molecule has 0 saturated heterocycles. The number of aryl methyl sites for hydroxylation is 1. The van der Waals surface area contributed by atoms with E-state index in [9.17, 15) is 0 Å². The van der Waals surface area contributed by atoms with Crippen LogP contribution in [-0.2, 0) is 0 Å². The first-order chi connectivity index (χ1) is 6.83. The van der Waals surface area contributed by atoms with E-state index in [1.165, 1.54) is 19.3 Å². The third-order valence-corrected chi connectivity index (χ3v) is 2.13. The summed E-state index contributed by atoms with van der Waals surface area (Å²) >= 11 is 0. The summed E-state index contributed by atoms with van der Waals surface area (Å²) < 4.78 is 5.59. The first kappa shape index (κ1) is 11.0. The van der Waals surface area contributed by atoms with Crippen molar-refractivity contribution in [2.45, 2.75) is 39.5 Å². The maximum Gasteiger partial charge on any atom is 0.122 e. The summed E-state index contributed by atoms with van der Waals surface area (Å²) in [6.07, 6.45) is 6.78. The van der Waals surface area contributed by atoms with E-state index in [2.05, 4.69) is 11.9 Å². The molecule has 0 saturated carbocycles. The van der Waals surface area contributed by atoms with Crippen molar-refractivity contribution in [3.05, 3.63) is 24.0 Å². The second kappa shape index (κ2) is 6.41. The molecular formula is C12H19NO. The Morgan fingerprint density at radius 2 is 2.14 bits per heavy atom. The average Bonchev–Trinajstić information content (AvgIpc) is 2.18. The molecule has 0 aromatic carbocycles. The van der Waals surface area contributed by atoms with Gasteiger partial charge in [0.05, 0.1) is 6.61 Å². The molecule has 0 aliphatic heterocycles. The van der Waals surface area contributed by atoms with Gasteiger partial charge in [-0.2, -0.15) is 0 Å². The molecule has 1 heterocycles. The lowest BCUT2D eigenvalue weighted by Gasteiger charge is -2.05. The van der Waals surface area contributed by atoms with Crippen LogP contribution >= 0.6 is 0 Å². The van der Waals surface area contributed by atoms with Crippen LogP contribution < -0.4 is 4.74 Å². The van der Waals surface area contributed by atoms with Crippen molar-refractivity contribution >= 4 is 0 Å². The molecule has 14 heavy (non-hydrogen) atoms. The summed E-state index contributed by atoms with van der Waals surface area (Å²) in [5.74, 6) is 0.939. The molecule has 2 heteroatoms. The summed E-state index contributed by atoms with van der Waals surface area (Å²) in [5.41, 5.74) is 1.01. The van der Waals surface area contributed by atoms with Crippen molar-refractivity contribution in [1.29, 1.82) is 0 Å². The number of hydrogen-bond acceptors (Lipinski definition) is 2. The van der Waals surface area contributed by atoms with Gasteiger partial charge in [0.1, 0.15) is 5.75 Å². The number of hydrogen-bond donors (Lipinski definition) is 0. The van der Waals surface area contributed by atoms with Gasteiger partial charge in [-0.1, -0.05) is 26.2 Å². The van der Waals surface area contributed by atoms with Gasteiger partial charge in [0.25, 0.3) is 0 Å². The van der Waals surface area contributed by atoms with Gasteiger partial charge in [0.2, 0.25) is 0 Å². The maximum absolute atomic E-state index is 5.59. The molecule has 0 aliphatic carbocycles. The van der Waals surface area contributed by atoms with Crippen molar-refractivity contribution in [3.8, 4) is 5.75 Å². The second-order valence-electron chi connectivity index (χ2n) is 3.54. The first-order valence-electron chi connectivity index (χ1n) is 5.38. The van der Waals surface area contributed by atoms with Gasteiger partial charge in [-0.15, -0.1) is 0 Å². The zero-order valence-corrected chi connectivity index (χ0v) is 9.12. The van der Waals surface area contributed by atoms with Gasteiger partial charge in [-0.25, -0.2) is 0 Å². The number of nitrogens with zero attached hydrogens (tertiary/aromatic N) is 1. The molecule has 1 rings (SSSR count). The van der Waals surface area contributed by atoms with Crippen LogP contribution in [0.4, 0.5) is 0 Å². The van der Waals surface area contributed by atoms with E-state index in [0.29, 0.717) is 0 Å². The second-order valence-corrected chi connectivity index (χ2v) is 3.54. The van der Waals surface area contributed by atoms with Crippen LogP contribution in [0.5, 0.6) is 5.75 Å². The highest BCUT2D eigenvalue weighted by Gasteiger charge is 1.94. The van der Waals surface area contributed by atoms with Crippen molar-refractivity contribution in [2.24, 2.45) is 0 Å². The quantitative estimate of drug-likeness (QED) is 0.646. The summed E-state index contributed by atoms with van der Waals surface area (Å²) in [6, 6.07) is 3.88. The fourth-order valence-corrected chi connectivity index (χ4v) is 1.33. The normalized spacial score (nSPS) is 10.1. The van der Waals surface area contributed by atoms with Crippen LogP contribution in [0.25, 0.3) is 0 Å². The van der Waals surface area contributed by atoms with Crippen LogP contribution in [0.2, 0.25) is 0 Å². The van der Waals surface area contributed by atoms with E-state index in [0.717, 1.165) is 24.5 Å². The molecule has 0 atom stereocenters. The molecule has 0 N–H and O–H groups in total. The number of ether oxygens (including phenoxy) is 1. The van der Waals surface area contributed by atoms with Crippen LogP contribution in [-0.4, -0.2) is 11.6 Å². The Kier molecular flexibility index (Phi) is 5.05. The molecule has 1 aromatic rings. The van der Waals surface area contributed by atoms with E-state index >= 15 is 0 Å². The molecule has 0 radical (unpaired) electrons. The molecule has 0 bridgehead atoms. The Balaban J connectivity index is 2.18. The summed E-state index contributed by atoms with van der Waals surface area (Å²) in [4.78, 5) is 4.12. The molecule has 78 valence electrons. The first-order valence-corrected chi connectivity index (χ1v) is 5.38. The highest BCUT2D eigenvalue weighted by Crippen LogP contribution is 2.11. The fraction of sp³-hybridized carbons (Fsp3) is 0.583. The zero-order chi connectivity index (χ0) is 10.2. The molecule has 0 fully saturated rings. The van der Waals surface area contributed by atoms with Gasteiger partial charge in [0, 0.05) is 18.0 Å². The third-order valence-electron chi connectivity index (χ3n) is 2.13. The van der Waals surface area contributed by atoms with E-state index < -0.39 is 0 Å². The predicted octanol–water partition coefficient (Wildman–Crippen LogP) is 3.35. The fourth-order valence-electron chi connectivity index (χ4n) is 1.33.